The molecule has 2 N–H and O–H groups in total. The maximum absolute atomic E-state index is 12.4. The number of amides is 1. The van der Waals surface area contributed by atoms with Gasteiger partial charge in [0.2, 0.25) is 6.41 Å². The number of ketones is 1. The number of benzene rings is 2. The fraction of sp³-hybridized carbons (Fsp3) is 0.0667. The number of carbonyl (C=O) groups is 2. The van der Waals surface area contributed by atoms with Crippen molar-refractivity contribution in [2.75, 3.05) is 17.7 Å². The lowest BCUT2D eigenvalue weighted by molar-refractivity contribution is -0.107. The van der Waals surface area contributed by atoms with Crippen LogP contribution in [0.2, 0.25) is 10.0 Å². The van der Waals surface area contributed by atoms with Crippen LogP contribution >= 0.6 is 23.2 Å². The van der Waals surface area contributed by atoms with Gasteiger partial charge in [-0.15, -0.1) is 0 Å². The lowest BCUT2D eigenvalue weighted by Crippen LogP contribution is -2.13. The van der Waals surface area contributed by atoms with E-state index in [1.807, 2.05) is 0 Å². The van der Waals surface area contributed by atoms with Gasteiger partial charge >= 0.3 is 0 Å². The zero-order valence-corrected chi connectivity index (χ0v) is 12.7. The number of rotatable bonds is 4. The molecular formula is C15H12Cl2N2O2. The molecule has 0 aliphatic heterocycles. The molecule has 0 saturated heterocycles. The molecule has 4 nitrogen and oxygen atoms in total. The largest absolute Gasteiger partial charge is 0.399 e. The van der Waals surface area contributed by atoms with Gasteiger partial charge in [-0.05, 0) is 36.4 Å². The van der Waals surface area contributed by atoms with Crippen LogP contribution in [0.3, 0.4) is 0 Å². The predicted molar refractivity (Wildman–Crippen MR) is 85.2 cm³/mol. The molecule has 0 atom stereocenters. The lowest BCUT2D eigenvalue weighted by Gasteiger charge is -2.11. The number of halogens is 2. The van der Waals surface area contributed by atoms with Gasteiger partial charge in [0.05, 0.1) is 10.0 Å². The van der Waals surface area contributed by atoms with Gasteiger partial charge in [-0.1, -0.05) is 23.2 Å². The third kappa shape index (κ3) is 3.17. The molecule has 0 aliphatic carbocycles. The van der Waals surface area contributed by atoms with E-state index < -0.39 is 0 Å². The van der Waals surface area contributed by atoms with Gasteiger partial charge in [-0.25, -0.2) is 0 Å². The summed E-state index contributed by atoms with van der Waals surface area (Å²) in [5.41, 5.74) is 7.41. The van der Waals surface area contributed by atoms with Crippen molar-refractivity contribution in [1.82, 2.24) is 0 Å². The van der Waals surface area contributed by atoms with Crippen LogP contribution in [0.1, 0.15) is 15.9 Å². The predicted octanol–water partition coefficient (Wildman–Crippen LogP) is 3.40. The van der Waals surface area contributed by atoms with Gasteiger partial charge in [0.25, 0.3) is 0 Å². The third-order valence-corrected chi connectivity index (χ3v) is 3.79. The molecule has 0 unspecified atom stereocenters. The summed E-state index contributed by atoms with van der Waals surface area (Å²) in [6, 6.07) is 9.55. The van der Waals surface area contributed by atoms with Crippen LogP contribution in [0.5, 0.6) is 0 Å². The Labute approximate surface area is 132 Å². The quantitative estimate of drug-likeness (QED) is 0.533. The maximum atomic E-state index is 12.4. The SMILES string of the molecule is CN(C=O)c1ccc(C(=O)c2cc(N)cc(Cl)c2Cl)cc1. The van der Waals surface area contributed by atoms with Gasteiger partial charge in [-0.3, -0.25) is 9.59 Å². The van der Waals surface area contributed by atoms with Crippen molar-refractivity contribution in [2.45, 2.75) is 0 Å². The summed E-state index contributed by atoms with van der Waals surface area (Å²) in [7, 11) is 1.62. The van der Waals surface area contributed by atoms with Crippen LogP contribution in [0, 0.1) is 0 Å². The standard InChI is InChI=1S/C15H12Cl2N2O2/c1-19(8-20)11-4-2-9(3-5-11)15(21)12-6-10(18)7-13(16)14(12)17/h2-8H,18H2,1H3. The summed E-state index contributed by atoms with van der Waals surface area (Å²) in [6.07, 6.45) is 0.686. The van der Waals surface area contributed by atoms with Crippen molar-refractivity contribution in [3.05, 3.63) is 57.6 Å². The first-order chi connectivity index (χ1) is 9.93. The molecule has 21 heavy (non-hydrogen) atoms. The minimum atomic E-state index is -0.283. The Kier molecular flexibility index (Phi) is 4.50. The molecule has 1 amide bonds. The average molecular weight is 323 g/mol. The highest BCUT2D eigenvalue weighted by molar-refractivity contribution is 6.44. The van der Waals surface area contributed by atoms with Crippen molar-refractivity contribution in [2.24, 2.45) is 0 Å². The van der Waals surface area contributed by atoms with Crippen LogP contribution in [-0.4, -0.2) is 19.2 Å². The first-order valence-electron chi connectivity index (χ1n) is 6.01. The summed E-state index contributed by atoms with van der Waals surface area (Å²) in [5.74, 6) is -0.283. The van der Waals surface area contributed by atoms with E-state index in [1.165, 1.54) is 17.0 Å². The molecule has 0 fully saturated rings. The minimum Gasteiger partial charge on any atom is -0.399 e. The number of hydrogen-bond donors (Lipinski definition) is 1. The number of carbonyl (C=O) groups excluding carboxylic acids is 2. The fourth-order valence-corrected chi connectivity index (χ4v) is 2.26. The lowest BCUT2D eigenvalue weighted by atomic mass is 10.0. The fourth-order valence-electron chi connectivity index (χ4n) is 1.84. The Hall–Kier alpha value is -2.04. The average Bonchev–Trinajstić information content (AvgIpc) is 2.49. The highest BCUT2D eigenvalue weighted by Gasteiger charge is 2.16. The zero-order valence-electron chi connectivity index (χ0n) is 11.1. The van der Waals surface area contributed by atoms with Crippen molar-refractivity contribution in [3.63, 3.8) is 0 Å². The van der Waals surface area contributed by atoms with Gasteiger partial charge in [-0.2, -0.15) is 0 Å². The van der Waals surface area contributed by atoms with Gasteiger partial charge < -0.3 is 10.6 Å². The Balaban J connectivity index is 2.39. The molecule has 2 aromatic carbocycles. The second-order valence-corrected chi connectivity index (χ2v) is 5.24. The third-order valence-electron chi connectivity index (χ3n) is 2.99. The Morgan fingerprint density at radius 3 is 2.38 bits per heavy atom. The van der Waals surface area contributed by atoms with Gasteiger partial charge in [0.1, 0.15) is 0 Å². The van der Waals surface area contributed by atoms with E-state index in [0.717, 1.165) is 0 Å². The van der Waals surface area contributed by atoms with Crippen LogP contribution in [-0.2, 0) is 4.79 Å². The van der Waals surface area contributed by atoms with E-state index in [4.69, 9.17) is 28.9 Å². The molecule has 2 rings (SSSR count). The van der Waals surface area contributed by atoms with E-state index in [1.54, 1.807) is 31.3 Å². The monoisotopic (exact) mass is 322 g/mol. The van der Waals surface area contributed by atoms with E-state index in [9.17, 15) is 9.59 Å². The van der Waals surface area contributed by atoms with E-state index in [0.29, 0.717) is 23.3 Å². The van der Waals surface area contributed by atoms with E-state index >= 15 is 0 Å². The summed E-state index contributed by atoms with van der Waals surface area (Å²) in [5, 5.41) is 0.405. The first kappa shape index (κ1) is 15.4. The number of anilines is 2. The number of nitrogens with two attached hydrogens (primary N) is 1. The molecule has 0 bridgehead atoms. The number of nitrogens with zero attached hydrogens (tertiary/aromatic N) is 1. The van der Waals surface area contributed by atoms with Crippen LogP contribution in [0.25, 0.3) is 0 Å². The topological polar surface area (TPSA) is 63.4 Å². The van der Waals surface area contributed by atoms with Crippen molar-refractivity contribution in [3.8, 4) is 0 Å². The Morgan fingerprint density at radius 2 is 1.81 bits per heavy atom. The number of hydrogen-bond acceptors (Lipinski definition) is 3. The summed E-state index contributed by atoms with van der Waals surface area (Å²) in [4.78, 5) is 24.5. The molecule has 0 aliphatic rings. The van der Waals surface area contributed by atoms with Crippen LogP contribution < -0.4 is 10.6 Å². The van der Waals surface area contributed by atoms with Crippen molar-refractivity contribution < 1.29 is 9.59 Å². The molecule has 0 aromatic heterocycles. The first-order valence-corrected chi connectivity index (χ1v) is 6.77. The van der Waals surface area contributed by atoms with E-state index in [-0.39, 0.29) is 21.4 Å². The highest BCUT2D eigenvalue weighted by atomic mass is 35.5. The molecule has 6 heteroatoms. The Morgan fingerprint density at radius 1 is 1.19 bits per heavy atom. The van der Waals surface area contributed by atoms with Crippen LogP contribution in [0.15, 0.2) is 36.4 Å². The molecule has 0 spiro atoms. The molecule has 2 aromatic rings. The molecule has 0 radical (unpaired) electrons. The molecule has 0 heterocycles. The van der Waals surface area contributed by atoms with E-state index in [2.05, 4.69) is 0 Å². The van der Waals surface area contributed by atoms with Crippen LogP contribution in [0.4, 0.5) is 11.4 Å². The van der Waals surface area contributed by atoms with Gasteiger partial charge in [0.15, 0.2) is 5.78 Å². The second kappa shape index (κ2) is 6.16. The molecule has 108 valence electrons. The summed E-state index contributed by atoms with van der Waals surface area (Å²) < 4.78 is 0. The smallest absolute Gasteiger partial charge is 0.213 e. The van der Waals surface area contributed by atoms with Gasteiger partial charge in [0, 0.05) is 29.5 Å². The van der Waals surface area contributed by atoms with Crippen molar-refractivity contribution >= 4 is 46.8 Å². The second-order valence-electron chi connectivity index (χ2n) is 4.46. The molecular weight excluding hydrogens is 311 g/mol. The normalized spacial score (nSPS) is 10.2. The van der Waals surface area contributed by atoms with Crippen molar-refractivity contribution in [1.29, 1.82) is 0 Å². The highest BCUT2D eigenvalue weighted by Crippen LogP contribution is 2.30. The molecule has 0 saturated carbocycles. The summed E-state index contributed by atoms with van der Waals surface area (Å²) >= 11 is 12.0. The maximum Gasteiger partial charge on any atom is 0.213 e. The zero-order chi connectivity index (χ0) is 15.6. The number of nitrogen functional groups attached to an aromatic ring is 1. The summed E-state index contributed by atoms with van der Waals surface area (Å²) in [6.45, 7) is 0. The minimum absolute atomic E-state index is 0.171. The Bertz CT molecular complexity index is 700.